The monoisotopic (exact) mass is 134 g/mol. The van der Waals surface area contributed by atoms with Gasteiger partial charge in [0.25, 0.3) is 0 Å². The standard InChI is InChI=1S/CHO2.CH4O.K.H2O/c2-1-3;1-2;;/h(H,2,3);2H,1H3;;1H2. The molecule has 0 aromatic rings. The van der Waals surface area contributed by atoms with Crippen molar-refractivity contribution in [1.82, 2.24) is 0 Å². The molecule has 0 heterocycles. The minimum absolute atomic E-state index is 0. The first-order valence-electron chi connectivity index (χ1n) is 1.37. The fourth-order valence-corrected chi connectivity index (χ4v) is 0. The van der Waals surface area contributed by atoms with Gasteiger partial charge in [-0.25, -0.2) is 0 Å². The Morgan fingerprint density at radius 2 is 1.57 bits per heavy atom. The van der Waals surface area contributed by atoms with E-state index in [0.717, 1.165) is 7.11 Å². The van der Waals surface area contributed by atoms with Crippen LogP contribution in [0.5, 0.6) is 0 Å². The van der Waals surface area contributed by atoms with E-state index in [9.17, 15) is 0 Å². The van der Waals surface area contributed by atoms with Gasteiger partial charge < -0.3 is 10.6 Å². The normalized spacial score (nSPS) is 4.57. The molecule has 0 atom stereocenters. The first-order chi connectivity index (χ1) is 2.73. The fourth-order valence-electron chi connectivity index (χ4n) is 0. The molecule has 0 fully saturated rings. The average molecular weight is 134 g/mol. The molecule has 0 aliphatic carbocycles. The number of carboxylic acid groups (broad SMARTS) is 1. The molecule has 0 aromatic carbocycles. The van der Waals surface area contributed by atoms with Crippen LogP contribution in [0.25, 0.3) is 0 Å². The number of aliphatic hydroxyl groups is 1. The molecule has 0 spiro atoms. The Morgan fingerprint density at radius 1 is 1.57 bits per heavy atom. The number of carbonyl (C=O) groups is 1. The molecule has 0 rings (SSSR count). The molecule has 4 nitrogen and oxygen atoms in total. The van der Waals surface area contributed by atoms with E-state index in [0.29, 0.717) is 0 Å². The van der Waals surface area contributed by atoms with Crippen LogP contribution in [0.4, 0.5) is 4.79 Å². The Hall–Kier alpha value is 1.03. The van der Waals surface area contributed by atoms with E-state index >= 15 is 0 Å². The summed E-state index contributed by atoms with van der Waals surface area (Å²) in [6.07, 6.45) is 0. The third kappa shape index (κ3) is 169. The first-order valence-corrected chi connectivity index (χ1v) is 2.94. The van der Waals surface area contributed by atoms with Gasteiger partial charge in [0.15, 0.2) is 0 Å². The van der Waals surface area contributed by atoms with Crippen molar-refractivity contribution in [3.05, 3.63) is 0 Å². The Morgan fingerprint density at radius 3 is 1.57 bits per heavy atom. The number of hydrogen-bond acceptors (Lipinski definition) is 2. The quantitative estimate of drug-likeness (QED) is 0.400. The second-order valence-electron chi connectivity index (χ2n) is 0.519. The molecular weight excluding hydrogens is 127 g/mol. The molecule has 0 radical (unpaired) electrons. The molecule has 0 bridgehead atoms. The van der Waals surface area contributed by atoms with Gasteiger partial charge in [-0.15, -0.1) is 0 Å². The maximum absolute atomic E-state index is 9.08. The van der Waals surface area contributed by atoms with E-state index in [-0.39, 0.29) is 54.4 Å². The van der Waals surface area contributed by atoms with Crippen LogP contribution >= 0.6 is 0 Å². The summed E-state index contributed by atoms with van der Waals surface area (Å²) in [6.45, 7) is 0. The predicted molar refractivity (Wildman–Crippen MR) is 25.5 cm³/mol. The molecule has 0 saturated heterocycles. The van der Waals surface area contributed by atoms with Gasteiger partial charge in [-0.3, -0.25) is 0 Å². The van der Waals surface area contributed by atoms with Gasteiger partial charge in [0.2, 0.25) is 0 Å². The zero-order valence-corrected chi connectivity index (χ0v) is 7.43. The summed E-state index contributed by atoms with van der Waals surface area (Å²) in [5, 5.41) is 14.5. The van der Waals surface area contributed by atoms with Crippen molar-refractivity contribution in [2.75, 3.05) is 7.11 Å². The topological polar surface area (TPSA) is 89.0 Å². The molecule has 0 saturated carbocycles. The van der Waals surface area contributed by atoms with E-state index in [1.165, 1.54) is 0 Å². The van der Waals surface area contributed by atoms with E-state index < -0.39 is 0.0639 Å². The van der Waals surface area contributed by atoms with E-state index in [2.05, 4.69) is 0 Å². The van der Waals surface area contributed by atoms with Crippen LogP contribution in [0.2, 0.25) is 0 Å². The maximum atomic E-state index is 9.08. The van der Waals surface area contributed by atoms with Crippen molar-refractivity contribution < 1.29 is 20.5 Å². The molecule has 0 unspecified atom stereocenters. The molecule has 4 N–H and O–H groups in total. The van der Waals surface area contributed by atoms with E-state index in [1.54, 1.807) is 0 Å². The van der Waals surface area contributed by atoms with Crippen LogP contribution < -0.4 is 0 Å². The molecule has 0 amide bonds. The van der Waals surface area contributed by atoms with Crippen LogP contribution in [-0.2, 0) is 0 Å². The molecular formula is C2H7KO4. The second kappa shape index (κ2) is 15.7. The molecule has 7 heavy (non-hydrogen) atoms. The second-order valence-corrected chi connectivity index (χ2v) is 1.85. The molecule has 40 valence electrons. The van der Waals surface area contributed by atoms with Gasteiger partial charge in [-0.05, 0) is 0 Å². The van der Waals surface area contributed by atoms with Crippen molar-refractivity contribution in [3.63, 3.8) is 0 Å². The number of hydrogen-bond donors (Lipinski definition) is 2. The molecule has 0 aliphatic rings. The summed E-state index contributed by atoms with van der Waals surface area (Å²) in [7, 11) is 1.00. The fraction of sp³-hybridized carbons (Fsp3) is 0.500. The van der Waals surface area contributed by atoms with Gasteiger partial charge in [0, 0.05) is 7.11 Å². The summed E-state index contributed by atoms with van der Waals surface area (Å²) >= 11 is -0.0208. The number of rotatable bonds is 0. The minimum atomic E-state index is -0.646. The van der Waals surface area contributed by atoms with Crippen molar-refractivity contribution in [1.29, 1.82) is 0 Å². The summed E-state index contributed by atoms with van der Waals surface area (Å²) < 4.78 is -0.646. The molecule has 0 aliphatic heterocycles. The van der Waals surface area contributed by atoms with Gasteiger partial charge in [-0.1, -0.05) is 0 Å². The number of aliphatic hydroxyl groups excluding tert-OH is 1. The van der Waals surface area contributed by atoms with E-state index in [4.69, 9.17) is 15.0 Å². The predicted octanol–water partition coefficient (Wildman–Crippen LogP) is -1.38. The van der Waals surface area contributed by atoms with Crippen LogP contribution in [-0.4, -0.2) is 71.8 Å². The van der Waals surface area contributed by atoms with Gasteiger partial charge >= 0.3 is 58.9 Å². The van der Waals surface area contributed by atoms with Gasteiger partial charge in [0.05, 0.1) is 0 Å². The van der Waals surface area contributed by atoms with Gasteiger partial charge in [0.1, 0.15) is 0 Å². The third-order valence-corrected chi connectivity index (χ3v) is 0. The van der Waals surface area contributed by atoms with Gasteiger partial charge in [-0.2, -0.15) is 0 Å². The Kier molecular flexibility index (Phi) is 35.3. The summed E-state index contributed by atoms with van der Waals surface area (Å²) in [6, 6.07) is 0. The van der Waals surface area contributed by atoms with Crippen LogP contribution in [0.15, 0.2) is 0 Å². The Bertz CT molecular complexity index is 32.7. The Labute approximate surface area is 75.4 Å². The SMILES string of the molecule is CO.O.O=[C](O)[K]. The zero-order chi connectivity index (χ0) is 5.58. The molecule has 5 heteroatoms. The Balaban J connectivity index is -0.0000000480. The zero-order valence-electron chi connectivity index (χ0n) is 4.30. The van der Waals surface area contributed by atoms with Crippen LogP contribution in [0.3, 0.4) is 0 Å². The first kappa shape index (κ1) is 15.7. The third-order valence-electron chi connectivity index (χ3n) is 0. The van der Waals surface area contributed by atoms with Crippen molar-refractivity contribution in [3.8, 4) is 0 Å². The summed E-state index contributed by atoms with van der Waals surface area (Å²) in [5.74, 6) is 0. The molecule has 0 aromatic heterocycles. The van der Waals surface area contributed by atoms with E-state index in [1.807, 2.05) is 0 Å². The van der Waals surface area contributed by atoms with Crippen LogP contribution in [0, 0.1) is 0 Å². The summed E-state index contributed by atoms with van der Waals surface area (Å²) in [4.78, 5) is 9.08. The van der Waals surface area contributed by atoms with Crippen molar-refractivity contribution in [2.45, 2.75) is 0 Å². The average Bonchev–Trinajstić information content (AvgIpc) is 1.41. The van der Waals surface area contributed by atoms with Crippen molar-refractivity contribution in [2.24, 2.45) is 0 Å². The summed E-state index contributed by atoms with van der Waals surface area (Å²) in [5.41, 5.74) is 0. The van der Waals surface area contributed by atoms with Crippen molar-refractivity contribution >= 4 is 49.0 Å². The van der Waals surface area contributed by atoms with Crippen LogP contribution in [0.1, 0.15) is 0 Å².